The molecule has 4 nitrogen and oxygen atoms in total. The second kappa shape index (κ2) is 5.73. The molecule has 0 radical (unpaired) electrons. The summed E-state index contributed by atoms with van der Waals surface area (Å²) in [6.07, 6.45) is -5.26. The molecule has 0 aromatic heterocycles. The maximum Gasteiger partial charge on any atom is 0.417 e. The van der Waals surface area contributed by atoms with Crippen molar-refractivity contribution in [3.05, 3.63) is 23.8 Å². The van der Waals surface area contributed by atoms with Gasteiger partial charge in [0, 0.05) is 19.6 Å². The highest BCUT2D eigenvalue weighted by molar-refractivity contribution is 5.41. The Balaban J connectivity index is 1.96. The second-order valence-corrected chi connectivity index (χ2v) is 5.31. The van der Waals surface area contributed by atoms with Crippen molar-refractivity contribution >= 4 is 0 Å². The number of phenolic OH excluding ortho intramolecular Hbond substituents is 1. The quantitative estimate of drug-likeness (QED) is 0.899. The molecule has 0 spiro atoms. The van der Waals surface area contributed by atoms with Gasteiger partial charge in [-0.2, -0.15) is 13.2 Å². The number of nitrogens with zero attached hydrogens (tertiary/aromatic N) is 1. The van der Waals surface area contributed by atoms with Gasteiger partial charge in [-0.05, 0) is 30.5 Å². The van der Waals surface area contributed by atoms with Crippen molar-refractivity contribution < 1.29 is 28.1 Å². The third-order valence-corrected chi connectivity index (χ3v) is 3.86. The zero-order chi connectivity index (χ0) is 15.7. The van der Waals surface area contributed by atoms with Crippen molar-refractivity contribution in [3.63, 3.8) is 0 Å². The minimum absolute atomic E-state index is 0.00111. The fourth-order valence-corrected chi connectivity index (χ4v) is 2.46. The highest BCUT2D eigenvalue weighted by Crippen LogP contribution is 2.38. The summed E-state index contributed by atoms with van der Waals surface area (Å²) in [6.45, 7) is 0.733. The Labute approximate surface area is 120 Å². The number of ether oxygens (including phenoxy) is 1. The van der Waals surface area contributed by atoms with E-state index in [0.29, 0.717) is 12.3 Å². The number of hydrogen-bond donors (Lipinski definition) is 2. The van der Waals surface area contributed by atoms with Crippen LogP contribution in [0, 0.1) is 0 Å². The number of aromatic hydroxyl groups is 1. The standard InChI is InChI=1S/C14H18F3NO3/c1-21-12-3-2-10(8-11(12)19)9-18-6-4-13(20,5-7-18)14(15,16)17/h2-3,8,19-20H,4-7,9H2,1H3. The highest BCUT2D eigenvalue weighted by atomic mass is 19.4. The number of rotatable bonds is 3. The van der Waals surface area contributed by atoms with Gasteiger partial charge in [-0.3, -0.25) is 4.90 Å². The lowest BCUT2D eigenvalue weighted by Gasteiger charge is -2.39. The van der Waals surface area contributed by atoms with E-state index in [2.05, 4.69) is 0 Å². The molecule has 2 rings (SSSR count). The van der Waals surface area contributed by atoms with E-state index >= 15 is 0 Å². The number of aliphatic hydroxyl groups is 1. The summed E-state index contributed by atoms with van der Waals surface area (Å²) in [5.74, 6) is 0.350. The summed E-state index contributed by atoms with van der Waals surface area (Å²) in [6, 6.07) is 4.90. The predicted molar refractivity (Wildman–Crippen MR) is 70.2 cm³/mol. The molecule has 1 aromatic rings. The van der Waals surface area contributed by atoms with Crippen molar-refractivity contribution in [1.29, 1.82) is 0 Å². The molecule has 0 unspecified atom stereocenters. The van der Waals surface area contributed by atoms with E-state index in [1.54, 1.807) is 12.1 Å². The van der Waals surface area contributed by atoms with Crippen LogP contribution in [0.15, 0.2) is 18.2 Å². The summed E-state index contributed by atoms with van der Waals surface area (Å²) in [7, 11) is 1.44. The first-order valence-corrected chi connectivity index (χ1v) is 6.62. The third-order valence-electron chi connectivity index (χ3n) is 3.86. The Bertz CT molecular complexity index is 497. The minimum atomic E-state index is -4.59. The van der Waals surface area contributed by atoms with Crippen LogP contribution in [0.2, 0.25) is 0 Å². The molecule has 1 aliphatic heterocycles. The average Bonchev–Trinajstić information content (AvgIpc) is 2.40. The molecule has 1 aromatic carbocycles. The van der Waals surface area contributed by atoms with Gasteiger partial charge in [0.25, 0.3) is 0 Å². The van der Waals surface area contributed by atoms with E-state index < -0.39 is 11.8 Å². The average molecular weight is 305 g/mol. The fraction of sp³-hybridized carbons (Fsp3) is 0.571. The molecule has 1 fully saturated rings. The Morgan fingerprint density at radius 2 is 1.90 bits per heavy atom. The van der Waals surface area contributed by atoms with E-state index in [9.17, 15) is 23.4 Å². The van der Waals surface area contributed by atoms with Crippen molar-refractivity contribution in [2.75, 3.05) is 20.2 Å². The largest absolute Gasteiger partial charge is 0.504 e. The summed E-state index contributed by atoms with van der Waals surface area (Å²) in [5.41, 5.74) is -1.79. The summed E-state index contributed by atoms with van der Waals surface area (Å²) in [5, 5.41) is 19.3. The number of benzene rings is 1. The van der Waals surface area contributed by atoms with Gasteiger partial charge in [-0.25, -0.2) is 0 Å². The number of hydrogen-bond acceptors (Lipinski definition) is 4. The SMILES string of the molecule is COc1ccc(CN2CCC(O)(C(F)(F)F)CC2)cc1O. The van der Waals surface area contributed by atoms with E-state index in [1.165, 1.54) is 13.2 Å². The number of piperidine rings is 1. The summed E-state index contributed by atoms with van der Waals surface area (Å²) < 4.78 is 43.0. The molecular weight excluding hydrogens is 287 g/mol. The van der Waals surface area contributed by atoms with Crippen molar-refractivity contribution in [2.24, 2.45) is 0 Å². The molecule has 0 saturated carbocycles. The molecule has 1 saturated heterocycles. The van der Waals surface area contributed by atoms with Crippen LogP contribution in [0.3, 0.4) is 0 Å². The Kier molecular flexibility index (Phi) is 4.34. The summed E-state index contributed by atoms with van der Waals surface area (Å²) >= 11 is 0. The van der Waals surface area contributed by atoms with Gasteiger partial charge < -0.3 is 14.9 Å². The van der Waals surface area contributed by atoms with Crippen LogP contribution in [0.4, 0.5) is 13.2 Å². The van der Waals surface area contributed by atoms with Gasteiger partial charge in [-0.15, -0.1) is 0 Å². The topological polar surface area (TPSA) is 52.9 Å². The number of methoxy groups -OCH3 is 1. The monoisotopic (exact) mass is 305 g/mol. The zero-order valence-electron chi connectivity index (χ0n) is 11.7. The maximum absolute atomic E-state index is 12.7. The lowest BCUT2D eigenvalue weighted by Crippen LogP contribution is -2.53. The third kappa shape index (κ3) is 3.41. The van der Waals surface area contributed by atoms with Gasteiger partial charge in [0.05, 0.1) is 7.11 Å². The molecule has 0 aliphatic carbocycles. The normalized spacial score (nSPS) is 19.5. The molecule has 0 bridgehead atoms. The molecule has 7 heteroatoms. The highest BCUT2D eigenvalue weighted by Gasteiger charge is 2.54. The molecule has 118 valence electrons. The van der Waals surface area contributed by atoms with E-state index in [1.807, 2.05) is 4.90 Å². The molecule has 1 heterocycles. The first kappa shape index (κ1) is 15.9. The Morgan fingerprint density at radius 1 is 1.29 bits per heavy atom. The van der Waals surface area contributed by atoms with Gasteiger partial charge in [0.15, 0.2) is 17.1 Å². The van der Waals surface area contributed by atoms with Gasteiger partial charge in [-0.1, -0.05) is 6.07 Å². The van der Waals surface area contributed by atoms with Gasteiger partial charge >= 0.3 is 6.18 Å². The first-order valence-electron chi connectivity index (χ1n) is 6.62. The van der Waals surface area contributed by atoms with E-state index in [-0.39, 0.29) is 31.7 Å². The maximum atomic E-state index is 12.7. The van der Waals surface area contributed by atoms with Crippen LogP contribution in [0.5, 0.6) is 11.5 Å². The fourth-order valence-electron chi connectivity index (χ4n) is 2.46. The van der Waals surface area contributed by atoms with Crippen molar-refractivity contribution in [3.8, 4) is 11.5 Å². The number of alkyl halides is 3. The molecule has 2 N–H and O–H groups in total. The molecular formula is C14H18F3NO3. The Hall–Kier alpha value is -1.47. The van der Waals surface area contributed by atoms with Crippen molar-refractivity contribution in [2.45, 2.75) is 31.2 Å². The van der Waals surface area contributed by atoms with Gasteiger partial charge in [0.1, 0.15) is 0 Å². The van der Waals surface area contributed by atoms with Crippen LogP contribution in [-0.4, -0.2) is 47.1 Å². The van der Waals surface area contributed by atoms with E-state index in [0.717, 1.165) is 5.56 Å². The van der Waals surface area contributed by atoms with Gasteiger partial charge in [0.2, 0.25) is 0 Å². The van der Waals surface area contributed by atoms with Crippen LogP contribution in [0.25, 0.3) is 0 Å². The van der Waals surface area contributed by atoms with Crippen LogP contribution >= 0.6 is 0 Å². The predicted octanol–water partition coefficient (Wildman–Crippen LogP) is 2.29. The first-order chi connectivity index (χ1) is 9.75. The van der Waals surface area contributed by atoms with E-state index in [4.69, 9.17) is 4.74 Å². The Morgan fingerprint density at radius 3 is 2.38 bits per heavy atom. The second-order valence-electron chi connectivity index (χ2n) is 5.31. The molecule has 1 aliphatic rings. The lowest BCUT2D eigenvalue weighted by atomic mass is 9.90. The molecule has 21 heavy (non-hydrogen) atoms. The number of phenols is 1. The van der Waals surface area contributed by atoms with Crippen molar-refractivity contribution in [1.82, 2.24) is 4.90 Å². The molecule has 0 amide bonds. The number of likely N-dealkylation sites (tertiary alicyclic amines) is 1. The minimum Gasteiger partial charge on any atom is -0.504 e. The summed E-state index contributed by atoms with van der Waals surface area (Å²) in [4.78, 5) is 1.82. The smallest absolute Gasteiger partial charge is 0.417 e. The van der Waals surface area contributed by atoms with Crippen LogP contribution < -0.4 is 4.74 Å². The van der Waals surface area contributed by atoms with Crippen LogP contribution in [0.1, 0.15) is 18.4 Å². The molecule has 0 atom stereocenters. The zero-order valence-corrected chi connectivity index (χ0v) is 11.7. The lowest BCUT2D eigenvalue weighted by molar-refractivity contribution is -0.272. The van der Waals surface area contributed by atoms with Crippen LogP contribution in [-0.2, 0) is 6.54 Å². The number of halogens is 3.